The summed E-state index contributed by atoms with van der Waals surface area (Å²) in [5.41, 5.74) is 5.56. The Balaban J connectivity index is 1.45. The van der Waals surface area contributed by atoms with Crippen molar-refractivity contribution in [2.75, 3.05) is 7.11 Å². The Labute approximate surface area is 269 Å². The molecule has 238 valence electrons. The fraction of sp³-hybridized carbons (Fsp3) is 0.368. The Morgan fingerprint density at radius 3 is 1.98 bits per heavy atom. The number of ether oxygens (including phenoxy) is 2. The van der Waals surface area contributed by atoms with Gasteiger partial charge >= 0.3 is 0 Å². The molecule has 0 atom stereocenters. The van der Waals surface area contributed by atoms with Crippen molar-refractivity contribution >= 4 is 17.3 Å². The molecule has 3 aliphatic rings. The van der Waals surface area contributed by atoms with Gasteiger partial charge in [0.15, 0.2) is 23.1 Å². The Morgan fingerprint density at radius 2 is 1.39 bits per heavy atom. The predicted octanol–water partition coefficient (Wildman–Crippen LogP) is 8.07. The van der Waals surface area contributed by atoms with Gasteiger partial charge in [0.05, 0.1) is 12.0 Å². The van der Waals surface area contributed by atoms with Gasteiger partial charge in [-0.25, -0.2) is 0 Å². The van der Waals surface area contributed by atoms with E-state index in [9.17, 15) is 19.7 Å². The molecule has 1 heterocycles. The number of benzene rings is 3. The number of carbonyl (C=O) groups excluding carboxylic acids is 2. The molecule has 0 fully saturated rings. The molecule has 1 aliphatic heterocycles. The van der Waals surface area contributed by atoms with E-state index in [1.54, 1.807) is 25.3 Å². The van der Waals surface area contributed by atoms with Gasteiger partial charge in [-0.15, -0.1) is 0 Å². The summed E-state index contributed by atoms with van der Waals surface area (Å²) < 4.78 is 11.8. The predicted molar refractivity (Wildman–Crippen MR) is 175 cm³/mol. The summed E-state index contributed by atoms with van der Waals surface area (Å²) in [4.78, 5) is 41.4. The molecule has 0 amide bonds. The van der Waals surface area contributed by atoms with Gasteiger partial charge in [-0.05, 0) is 52.5 Å². The molecule has 8 nitrogen and oxygen atoms in total. The lowest BCUT2D eigenvalue weighted by atomic mass is 9.63. The van der Waals surface area contributed by atoms with Crippen molar-refractivity contribution in [3.8, 4) is 11.5 Å². The van der Waals surface area contributed by atoms with Crippen LogP contribution in [0.1, 0.15) is 76.0 Å². The van der Waals surface area contributed by atoms with Crippen molar-refractivity contribution in [3.63, 3.8) is 0 Å². The van der Waals surface area contributed by atoms with Gasteiger partial charge < -0.3 is 14.4 Å². The minimum Gasteiger partial charge on any atom is -0.493 e. The number of nitro groups is 1. The molecule has 0 saturated heterocycles. The van der Waals surface area contributed by atoms with E-state index >= 15 is 0 Å². The Bertz CT molecular complexity index is 1730. The highest BCUT2D eigenvalue weighted by Gasteiger charge is 2.49. The lowest BCUT2D eigenvalue weighted by Gasteiger charge is -2.49. The van der Waals surface area contributed by atoms with Crippen LogP contribution in [-0.4, -0.2) is 28.5 Å². The Morgan fingerprint density at radius 1 is 0.783 bits per heavy atom. The number of non-ortho nitro benzene ring substituents is 1. The van der Waals surface area contributed by atoms with Crippen LogP contribution in [0.4, 0.5) is 5.69 Å². The van der Waals surface area contributed by atoms with Gasteiger partial charge in [-0.3, -0.25) is 19.7 Å². The van der Waals surface area contributed by atoms with Crippen LogP contribution in [0, 0.1) is 20.9 Å². The summed E-state index contributed by atoms with van der Waals surface area (Å²) >= 11 is 0. The first-order chi connectivity index (χ1) is 21.9. The van der Waals surface area contributed by atoms with Crippen molar-refractivity contribution in [3.05, 3.63) is 122 Å². The van der Waals surface area contributed by atoms with E-state index in [2.05, 4.69) is 44.7 Å². The van der Waals surface area contributed by atoms with E-state index in [-0.39, 0.29) is 34.7 Å². The molecule has 0 aromatic heterocycles. The van der Waals surface area contributed by atoms with Gasteiger partial charge in [0.1, 0.15) is 6.61 Å². The first-order valence-electron chi connectivity index (χ1n) is 15.7. The third-order valence-corrected chi connectivity index (χ3v) is 9.24. The van der Waals surface area contributed by atoms with Crippen molar-refractivity contribution in [1.29, 1.82) is 0 Å². The van der Waals surface area contributed by atoms with Crippen molar-refractivity contribution in [2.45, 2.75) is 72.4 Å². The standard InChI is InChI=1S/C38H40N2O6/c1-37(2)18-28-35(30(41)20-37)34(36-29(19-38(3,4)21-31(36)42)39(28)22-24-10-7-6-8-11-24)26-14-15-32(33(17-26)45-5)46-23-25-12-9-13-27(16-25)40(43)44/h6-17,34H,18-23H2,1-5H3. The second-order valence-corrected chi connectivity index (χ2v) is 14.2. The SMILES string of the molecule is COc1cc(C2C3=C(CC(C)(C)CC3=O)N(Cc3ccccc3)C3=C2C(=O)CC(C)(C)C3)ccc1OCc1cccc([N+](=O)[O-])c1. The first kappa shape index (κ1) is 31.3. The Hall–Kier alpha value is -4.72. The lowest BCUT2D eigenvalue weighted by Crippen LogP contribution is -2.44. The fourth-order valence-corrected chi connectivity index (χ4v) is 7.24. The highest BCUT2D eigenvalue weighted by atomic mass is 16.6. The number of hydrogen-bond acceptors (Lipinski definition) is 7. The maximum Gasteiger partial charge on any atom is 0.269 e. The third kappa shape index (κ3) is 6.08. The highest BCUT2D eigenvalue weighted by Crippen LogP contribution is 2.55. The quantitative estimate of drug-likeness (QED) is 0.185. The van der Waals surface area contributed by atoms with Gasteiger partial charge in [0, 0.05) is 60.0 Å². The third-order valence-electron chi connectivity index (χ3n) is 9.24. The summed E-state index contributed by atoms with van der Waals surface area (Å²) in [6, 6.07) is 22.1. The van der Waals surface area contributed by atoms with Crippen LogP contribution >= 0.6 is 0 Å². The fourth-order valence-electron chi connectivity index (χ4n) is 7.24. The van der Waals surface area contributed by atoms with Crippen molar-refractivity contribution in [1.82, 2.24) is 4.90 Å². The average Bonchev–Trinajstić information content (AvgIpc) is 3.00. The summed E-state index contributed by atoms with van der Waals surface area (Å²) in [5.74, 6) is 0.567. The topological polar surface area (TPSA) is 99.0 Å². The average molecular weight is 621 g/mol. The van der Waals surface area contributed by atoms with Gasteiger partial charge in [-0.1, -0.05) is 76.2 Å². The number of carbonyl (C=O) groups is 2. The van der Waals surface area contributed by atoms with E-state index < -0.39 is 10.8 Å². The molecule has 0 bridgehead atoms. The van der Waals surface area contributed by atoms with Crippen LogP contribution in [0.5, 0.6) is 11.5 Å². The zero-order valence-corrected chi connectivity index (χ0v) is 27.1. The zero-order valence-electron chi connectivity index (χ0n) is 27.1. The van der Waals surface area contributed by atoms with Gasteiger partial charge in [-0.2, -0.15) is 0 Å². The molecule has 0 N–H and O–H groups in total. The molecular weight excluding hydrogens is 580 g/mol. The minimum atomic E-state index is -0.510. The van der Waals surface area contributed by atoms with Crippen molar-refractivity contribution < 1.29 is 24.0 Å². The smallest absolute Gasteiger partial charge is 0.269 e. The monoisotopic (exact) mass is 620 g/mol. The van der Waals surface area contributed by atoms with E-state index in [1.165, 1.54) is 12.1 Å². The number of nitrogens with zero attached hydrogens (tertiary/aromatic N) is 2. The van der Waals surface area contributed by atoms with E-state index in [0.717, 1.165) is 35.4 Å². The molecule has 2 aliphatic carbocycles. The Kier molecular flexibility index (Phi) is 8.09. The summed E-state index contributed by atoms with van der Waals surface area (Å²) in [6.07, 6.45) is 2.27. The molecule has 0 radical (unpaired) electrons. The maximum atomic E-state index is 14.2. The summed E-state index contributed by atoms with van der Waals surface area (Å²) in [6.45, 7) is 9.26. The molecule has 0 saturated carbocycles. The van der Waals surface area contributed by atoms with Crippen LogP contribution in [-0.2, 0) is 22.7 Å². The molecule has 6 rings (SSSR count). The van der Waals surface area contributed by atoms with Crippen LogP contribution in [0.2, 0.25) is 0 Å². The molecule has 46 heavy (non-hydrogen) atoms. The van der Waals surface area contributed by atoms with E-state index in [1.807, 2.05) is 30.3 Å². The molecule has 8 heteroatoms. The van der Waals surface area contributed by atoms with E-state index in [4.69, 9.17) is 9.47 Å². The molecule has 3 aromatic carbocycles. The van der Waals surface area contributed by atoms with E-state index in [0.29, 0.717) is 47.6 Å². The lowest BCUT2D eigenvalue weighted by molar-refractivity contribution is -0.384. The minimum absolute atomic E-state index is 0.00386. The second kappa shape index (κ2) is 11.9. The normalized spacial score (nSPS) is 19.1. The van der Waals surface area contributed by atoms with Crippen LogP contribution < -0.4 is 9.47 Å². The van der Waals surface area contributed by atoms with Gasteiger partial charge in [0.25, 0.3) is 5.69 Å². The molecule has 0 unspecified atom stereocenters. The summed E-state index contributed by atoms with van der Waals surface area (Å²) in [7, 11) is 1.56. The maximum absolute atomic E-state index is 14.2. The van der Waals surface area contributed by atoms with Gasteiger partial charge in [0.2, 0.25) is 0 Å². The van der Waals surface area contributed by atoms with Crippen LogP contribution in [0.3, 0.4) is 0 Å². The molecule has 0 spiro atoms. The highest BCUT2D eigenvalue weighted by molar-refractivity contribution is 6.06. The number of methoxy groups -OCH3 is 1. The number of rotatable bonds is 8. The number of nitro benzene ring substituents is 1. The second-order valence-electron chi connectivity index (χ2n) is 14.2. The number of Topliss-reactive ketones (excluding diaryl/α,β-unsaturated/α-hetero) is 2. The van der Waals surface area contributed by atoms with Crippen LogP contribution in [0.15, 0.2) is 95.3 Å². The van der Waals surface area contributed by atoms with Crippen LogP contribution in [0.25, 0.3) is 0 Å². The van der Waals surface area contributed by atoms with Crippen molar-refractivity contribution in [2.24, 2.45) is 10.8 Å². The molecule has 3 aromatic rings. The summed E-state index contributed by atoms with van der Waals surface area (Å²) in [5, 5.41) is 11.2. The number of hydrogen-bond donors (Lipinski definition) is 0. The number of allylic oxidation sites excluding steroid dienone is 4. The zero-order chi connectivity index (χ0) is 32.8. The number of ketones is 2. The first-order valence-corrected chi connectivity index (χ1v) is 15.7. The molecular formula is C38H40N2O6. The largest absolute Gasteiger partial charge is 0.493 e.